The third kappa shape index (κ3) is 4.90. The van der Waals surface area contributed by atoms with E-state index in [9.17, 15) is 18.0 Å². The van der Waals surface area contributed by atoms with Gasteiger partial charge in [0.05, 0.1) is 34.5 Å². The Kier molecular flexibility index (Phi) is 6.48. The monoisotopic (exact) mass is 563 g/mol. The van der Waals surface area contributed by atoms with Gasteiger partial charge in [-0.05, 0) is 54.6 Å². The molecule has 1 amide bonds. The zero-order valence-corrected chi connectivity index (χ0v) is 22.4. The third-order valence-corrected chi connectivity index (χ3v) is 7.79. The molecule has 1 N–H and O–H groups in total. The van der Waals surface area contributed by atoms with Gasteiger partial charge in [0.2, 0.25) is 0 Å². The van der Waals surface area contributed by atoms with E-state index in [1.807, 2.05) is 30.3 Å². The van der Waals surface area contributed by atoms with Crippen LogP contribution in [-0.4, -0.2) is 47.4 Å². The van der Waals surface area contributed by atoms with Crippen molar-refractivity contribution >= 4 is 43.8 Å². The van der Waals surface area contributed by atoms with Crippen molar-refractivity contribution in [2.45, 2.75) is 4.90 Å². The number of nitrogens with zero attached hydrogens (tertiary/aromatic N) is 4. The molecule has 2 heterocycles. The molecular formula is C30H21N5O5S. The van der Waals surface area contributed by atoms with Gasteiger partial charge in [0.15, 0.2) is 0 Å². The number of esters is 1. The van der Waals surface area contributed by atoms with E-state index in [1.165, 1.54) is 36.2 Å². The van der Waals surface area contributed by atoms with Gasteiger partial charge < -0.3 is 4.74 Å². The van der Waals surface area contributed by atoms with Crippen molar-refractivity contribution in [2.24, 2.45) is 0 Å². The second-order valence-electron chi connectivity index (χ2n) is 9.02. The summed E-state index contributed by atoms with van der Waals surface area (Å²) in [4.78, 5) is 31.8. The fraction of sp³-hybridized carbons (Fsp3) is 0.0333. The lowest BCUT2D eigenvalue weighted by Crippen LogP contribution is -2.30. The van der Waals surface area contributed by atoms with Gasteiger partial charge in [-0.1, -0.05) is 48.5 Å². The number of benzene rings is 4. The number of carbonyl (C=O) groups is 2. The molecule has 2 aromatic heterocycles. The molecule has 0 aliphatic heterocycles. The quantitative estimate of drug-likeness (QED) is 0.292. The summed E-state index contributed by atoms with van der Waals surface area (Å²) in [7, 11) is -2.72. The molecule has 0 fully saturated rings. The lowest BCUT2D eigenvalue weighted by molar-refractivity contribution is 0.0603. The second kappa shape index (κ2) is 10.3. The molecule has 4 aromatic carbocycles. The zero-order chi connectivity index (χ0) is 28.6. The van der Waals surface area contributed by atoms with Crippen molar-refractivity contribution in [3.63, 3.8) is 0 Å². The molecule has 11 heteroatoms. The van der Waals surface area contributed by atoms with Crippen LogP contribution in [-0.2, 0) is 14.8 Å². The minimum absolute atomic E-state index is 0.0152. The Bertz CT molecular complexity index is 2040. The summed E-state index contributed by atoms with van der Waals surface area (Å²) in [5.41, 5.74) is 3.81. The lowest BCUT2D eigenvalue weighted by atomic mass is 10.0. The van der Waals surface area contributed by atoms with E-state index < -0.39 is 21.9 Å². The second-order valence-corrected chi connectivity index (χ2v) is 10.7. The van der Waals surface area contributed by atoms with Crippen molar-refractivity contribution in [1.29, 1.82) is 0 Å². The highest BCUT2D eigenvalue weighted by atomic mass is 32.2. The van der Waals surface area contributed by atoms with Crippen LogP contribution in [0.5, 0.6) is 0 Å². The average molecular weight is 564 g/mol. The summed E-state index contributed by atoms with van der Waals surface area (Å²) in [6.07, 6.45) is 0. The molecule has 0 unspecified atom stereocenters. The largest absolute Gasteiger partial charge is 0.465 e. The van der Waals surface area contributed by atoms with Gasteiger partial charge in [-0.25, -0.2) is 22.9 Å². The predicted molar refractivity (Wildman–Crippen MR) is 152 cm³/mol. The molecule has 0 aliphatic carbocycles. The van der Waals surface area contributed by atoms with Crippen LogP contribution >= 0.6 is 0 Å². The third-order valence-electron chi connectivity index (χ3n) is 6.44. The van der Waals surface area contributed by atoms with Gasteiger partial charge in [0.25, 0.3) is 15.9 Å². The number of sulfonamides is 1. The Morgan fingerprint density at radius 3 is 2.15 bits per heavy atom. The molecule has 0 bridgehead atoms. The highest BCUT2D eigenvalue weighted by Crippen LogP contribution is 2.30. The van der Waals surface area contributed by atoms with E-state index in [1.54, 1.807) is 48.5 Å². The Balaban J connectivity index is 1.37. The Labute approximate surface area is 234 Å². The van der Waals surface area contributed by atoms with Crippen LogP contribution in [0.1, 0.15) is 20.7 Å². The van der Waals surface area contributed by atoms with E-state index >= 15 is 0 Å². The molecule has 0 saturated heterocycles. The number of rotatable bonds is 6. The van der Waals surface area contributed by atoms with Crippen molar-refractivity contribution in [2.75, 3.05) is 7.11 Å². The number of ether oxygens (including phenoxy) is 1. The Hall–Kier alpha value is -5.42. The van der Waals surface area contributed by atoms with Gasteiger partial charge >= 0.3 is 5.97 Å². The van der Waals surface area contributed by atoms with Crippen molar-refractivity contribution in [3.05, 3.63) is 114 Å². The molecule has 0 spiro atoms. The van der Waals surface area contributed by atoms with Gasteiger partial charge in [-0.15, -0.1) is 10.2 Å². The molecule has 6 rings (SSSR count). The van der Waals surface area contributed by atoms with Crippen LogP contribution in [0.15, 0.2) is 108 Å². The fourth-order valence-electron chi connectivity index (χ4n) is 4.43. The smallest absolute Gasteiger partial charge is 0.338 e. The first-order valence-corrected chi connectivity index (χ1v) is 13.9. The molecule has 202 valence electrons. The number of fused-ring (bicyclic) bond motifs is 3. The van der Waals surface area contributed by atoms with Crippen molar-refractivity contribution in [3.8, 4) is 16.9 Å². The molecule has 0 aliphatic rings. The van der Waals surface area contributed by atoms with Crippen LogP contribution < -0.4 is 4.72 Å². The van der Waals surface area contributed by atoms with Crippen LogP contribution in [0, 0.1) is 0 Å². The topological polar surface area (TPSA) is 133 Å². The average Bonchev–Trinajstić information content (AvgIpc) is 3.46. The number of pyridine rings is 1. The molecule has 0 atom stereocenters. The minimum Gasteiger partial charge on any atom is -0.465 e. The van der Waals surface area contributed by atoms with E-state index in [0.717, 1.165) is 5.69 Å². The number of nitrogens with one attached hydrogen (secondary N) is 1. The molecule has 0 radical (unpaired) electrons. The standard InChI is InChI=1S/C30H21N5O5S/c1-40-30(37)23-18-26(19-12-14-20(15-13-19)29(36)34-41(38,39)22-10-6-3-7-11-22)31-24-16-17-25-28(27(23)24)33-35(32-25)21-8-4-2-5-9-21/h2-18H,1H3,(H,34,36). The summed E-state index contributed by atoms with van der Waals surface area (Å²) >= 11 is 0. The van der Waals surface area contributed by atoms with E-state index in [-0.39, 0.29) is 16.0 Å². The first kappa shape index (κ1) is 25.8. The maximum Gasteiger partial charge on any atom is 0.338 e. The first-order valence-electron chi connectivity index (χ1n) is 12.4. The molecule has 0 saturated carbocycles. The number of hydrogen-bond donors (Lipinski definition) is 1. The molecule has 10 nitrogen and oxygen atoms in total. The Morgan fingerprint density at radius 1 is 0.805 bits per heavy atom. The fourth-order valence-corrected chi connectivity index (χ4v) is 5.42. The maximum atomic E-state index is 12.9. The summed E-state index contributed by atoms with van der Waals surface area (Å²) in [6.45, 7) is 0. The number of amides is 1. The number of para-hydroxylation sites is 1. The van der Waals surface area contributed by atoms with E-state index in [4.69, 9.17) is 9.72 Å². The number of carbonyl (C=O) groups excluding carboxylic acids is 2. The normalized spacial score (nSPS) is 11.4. The van der Waals surface area contributed by atoms with Gasteiger partial charge in [-0.2, -0.15) is 4.80 Å². The first-order chi connectivity index (χ1) is 19.8. The highest BCUT2D eigenvalue weighted by Gasteiger charge is 2.21. The molecular weight excluding hydrogens is 542 g/mol. The van der Waals surface area contributed by atoms with Gasteiger partial charge in [-0.3, -0.25) is 4.79 Å². The van der Waals surface area contributed by atoms with Crippen molar-refractivity contribution in [1.82, 2.24) is 24.7 Å². The number of methoxy groups -OCH3 is 1. The zero-order valence-electron chi connectivity index (χ0n) is 21.6. The summed E-state index contributed by atoms with van der Waals surface area (Å²) in [6, 6.07) is 28.4. The van der Waals surface area contributed by atoms with E-state index in [0.29, 0.717) is 33.2 Å². The minimum atomic E-state index is -4.02. The maximum absolute atomic E-state index is 12.9. The number of aromatic nitrogens is 4. The van der Waals surface area contributed by atoms with E-state index in [2.05, 4.69) is 14.9 Å². The summed E-state index contributed by atoms with van der Waals surface area (Å²) in [5.74, 6) is -1.34. The Morgan fingerprint density at radius 2 is 1.46 bits per heavy atom. The van der Waals surface area contributed by atoms with Crippen LogP contribution in [0.4, 0.5) is 0 Å². The predicted octanol–water partition coefficient (Wildman–Crippen LogP) is 4.54. The summed E-state index contributed by atoms with van der Waals surface area (Å²) in [5, 5.41) is 9.70. The van der Waals surface area contributed by atoms with Gasteiger partial charge in [0, 0.05) is 16.5 Å². The van der Waals surface area contributed by atoms with Crippen molar-refractivity contribution < 1.29 is 22.7 Å². The van der Waals surface area contributed by atoms with Crippen LogP contribution in [0.2, 0.25) is 0 Å². The molecule has 6 aromatic rings. The highest BCUT2D eigenvalue weighted by molar-refractivity contribution is 7.90. The molecule has 41 heavy (non-hydrogen) atoms. The van der Waals surface area contributed by atoms with Crippen LogP contribution in [0.3, 0.4) is 0 Å². The van der Waals surface area contributed by atoms with Crippen LogP contribution in [0.25, 0.3) is 38.9 Å². The SMILES string of the molecule is COC(=O)c1cc(-c2ccc(C(=O)NS(=O)(=O)c3ccccc3)cc2)nc2ccc3nn(-c4ccccc4)nc3c12. The summed E-state index contributed by atoms with van der Waals surface area (Å²) < 4.78 is 32.2. The number of hydrogen-bond acceptors (Lipinski definition) is 8. The van der Waals surface area contributed by atoms with Gasteiger partial charge in [0.1, 0.15) is 11.0 Å². The lowest BCUT2D eigenvalue weighted by Gasteiger charge is -2.10.